The van der Waals surface area contributed by atoms with Gasteiger partial charge in [-0.25, -0.2) is 0 Å². The maximum atomic E-state index is 10.9. The van der Waals surface area contributed by atoms with Gasteiger partial charge in [0.25, 0.3) is 0 Å². The minimum Gasteiger partial charge on any atom is -0.493 e. The third kappa shape index (κ3) is 5.36. The maximum absolute atomic E-state index is 10.9. The lowest BCUT2D eigenvalue weighted by atomic mass is 10.1. The summed E-state index contributed by atoms with van der Waals surface area (Å²) in [5.41, 5.74) is 0.519. The van der Waals surface area contributed by atoms with Crippen molar-refractivity contribution in [2.45, 2.75) is 0 Å². The molecule has 0 saturated heterocycles. The molecule has 2 aromatic carbocycles. The predicted octanol–water partition coefficient (Wildman–Crippen LogP) is 3.03. The summed E-state index contributed by atoms with van der Waals surface area (Å²) in [7, 11) is 3.25. The largest absolute Gasteiger partial charge is 0.493 e. The fourth-order valence-corrected chi connectivity index (χ4v) is 1.52. The molecule has 110 valence electrons. The van der Waals surface area contributed by atoms with Crippen LogP contribution >= 0.6 is 0 Å². The number of rotatable bonds is 4. The fourth-order valence-electron chi connectivity index (χ4n) is 1.52. The normalized spacial score (nSPS) is 9.62. The molecule has 0 aliphatic rings. The van der Waals surface area contributed by atoms with Crippen LogP contribution in [-0.2, 0) is 0 Å². The number of methoxy groups -OCH3 is 2. The van der Waals surface area contributed by atoms with E-state index >= 15 is 0 Å². The molecule has 0 spiro atoms. The Kier molecular flexibility index (Phi) is 7.07. The van der Waals surface area contributed by atoms with Gasteiger partial charge < -0.3 is 14.7 Å². The minimum atomic E-state index is -0.298. The van der Waals surface area contributed by atoms with Gasteiger partial charge >= 0.3 is 0 Å². The van der Waals surface area contributed by atoms with Crippen molar-refractivity contribution in [1.82, 2.24) is 0 Å². The van der Waals surface area contributed by atoms with E-state index < -0.39 is 0 Å². The number of ketones is 1. The van der Waals surface area contributed by atoms with Crippen LogP contribution in [0.5, 0.6) is 11.5 Å². The van der Waals surface area contributed by atoms with Gasteiger partial charge in [-0.05, 0) is 12.1 Å². The van der Waals surface area contributed by atoms with Crippen LogP contribution < -0.4 is 9.47 Å². The Labute approximate surface area is 123 Å². The second-order valence-corrected chi connectivity index (χ2v) is 3.83. The second kappa shape index (κ2) is 9.14. The monoisotopic (exact) mass is 287 g/mol. The fraction of sp³-hybridized carbons (Fsp3) is 0.125. The molecule has 0 aromatic heterocycles. The highest BCUT2D eigenvalue weighted by Crippen LogP contribution is 2.24. The summed E-state index contributed by atoms with van der Waals surface area (Å²) in [6, 6.07) is 16.2. The third-order valence-corrected chi connectivity index (χ3v) is 2.52. The van der Waals surface area contributed by atoms with Gasteiger partial charge in [0, 0.05) is 5.56 Å². The van der Waals surface area contributed by atoms with E-state index in [1.807, 2.05) is 30.3 Å². The number of ether oxygens (including phenoxy) is 2. The summed E-state index contributed by atoms with van der Waals surface area (Å²) in [4.78, 5) is 10.9. The Bertz CT molecular complexity index is 559. The van der Waals surface area contributed by atoms with E-state index in [2.05, 4.69) is 5.16 Å². The van der Waals surface area contributed by atoms with Crippen molar-refractivity contribution in [2.24, 2.45) is 5.16 Å². The minimum absolute atomic E-state index is 0.298. The van der Waals surface area contributed by atoms with Crippen LogP contribution in [0.25, 0.3) is 0 Å². The number of benzene rings is 2. The highest BCUT2D eigenvalue weighted by Gasteiger charge is 1.99. The molecule has 21 heavy (non-hydrogen) atoms. The van der Waals surface area contributed by atoms with E-state index in [9.17, 15) is 4.79 Å². The SMILES string of the molecule is COc1ccccc1OC.O=C(C=NO)c1ccccc1. The van der Waals surface area contributed by atoms with Crippen LogP contribution in [0.15, 0.2) is 59.8 Å². The molecule has 5 heteroatoms. The number of Topliss-reactive ketones (excluding diaryl/α,β-unsaturated/α-hetero) is 1. The first kappa shape index (κ1) is 16.2. The van der Waals surface area contributed by atoms with E-state index in [0.29, 0.717) is 5.56 Å². The van der Waals surface area contributed by atoms with Crippen LogP contribution in [0.4, 0.5) is 0 Å². The number of carbonyl (C=O) groups is 1. The Balaban J connectivity index is 0.000000211. The molecule has 0 saturated carbocycles. The van der Waals surface area contributed by atoms with Crippen molar-refractivity contribution >= 4 is 12.0 Å². The van der Waals surface area contributed by atoms with Crippen LogP contribution in [0.1, 0.15) is 10.4 Å². The van der Waals surface area contributed by atoms with Crippen LogP contribution in [0.3, 0.4) is 0 Å². The molecule has 0 atom stereocenters. The molecule has 0 heterocycles. The molecule has 5 nitrogen and oxygen atoms in total. The predicted molar refractivity (Wildman–Crippen MR) is 80.6 cm³/mol. The Morgan fingerprint density at radius 1 is 0.952 bits per heavy atom. The van der Waals surface area contributed by atoms with Crippen molar-refractivity contribution < 1.29 is 19.5 Å². The van der Waals surface area contributed by atoms with Crippen molar-refractivity contribution in [3.05, 3.63) is 60.2 Å². The number of carbonyl (C=O) groups excluding carboxylic acids is 1. The topological polar surface area (TPSA) is 68.1 Å². The summed E-state index contributed by atoms with van der Waals surface area (Å²) in [6.45, 7) is 0. The van der Waals surface area contributed by atoms with Crippen molar-refractivity contribution in [3.8, 4) is 11.5 Å². The van der Waals surface area contributed by atoms with Gasteiger partial charge in [-0.2, -0.15) is 0 Å². The van der Waals surface area contributed by atoms with Gasteiger partial charge in [0.1, 0.15) is 6.21 Å². The van der Waals surface area contributed by atoms with E-state index in [-0.39, 0.29) is 5.78 Å². The molecular formula is C16H17NO4. The second-order valence-electron chi connectivity index (χ2n) is 3.83. The zero-order chi connectivity index (χ0) is 15.5. The van der Waals surface area contributed by atoms with Crippen molar-refractivity contribution in [2.75, 3.05) is 14.2 Å². The number of hydrogen-bond acceptors (Lipinski definition) is 5. The van der Waals surface area contributed by atoms with E-state index in [4.69, 9.17) is 14.7 Å². The summed E-state index contributed by atoms with van der Waals surface area (Å²) in [6.07, 6.45) is 0.870. The van der Waals surface area contributed by atoms with Gasteiger partial charge in [0.15, 0.2) is 11.5 Å². The highest BCUT2D eigenvalue weighted by atomic mass is 16.5. The Morgan fingerprint density at radius 2 is 1.43 bits per heavy atom. The average molecular weight is 287 g/mol. The smallest absolute Gasteiger partial charge is 0.207 e. The number of oxime groups is 1. The Morgan fingerprint density at radius 3 is 1.86 bits per heavy atom. The van der Waals surface area contributed by atoms with Crippen molar-refractivity contribution in [1.29, 1.82) is 0 Å². The van der Waals surface area contributed by atoms with Gasteiger partial charge in [-0.1, -0.05) is 47.6 Å². The molecule has 2 aromatic rings. The molecule has 1 N–H and O–H groups in total. The van der Waals surface area contributed by atoms with E-state index in [1.54, 1.807) is 38.5 Å². The lowest BCUT2D eigenvalue weighted by Gasteiger charge is -2.04. The molecule has 0 aliphatic carbocycles. The van der Waals surface area contributed by atoms with Crippen LogP contribution in [0.2, 0.25) is 0 Å². The summed E-state index contributed by atoms with van der Waals surface area (Å²) < 4.78 is 10.0. The van der Waals surface area contributed by atoms with Crippen molar-refractivity contribution in [3.63, 3.8) is 0 Å². The molecule has 0 unspecified atom stereocenters. The van der Waals surface area contributed by atoms with Crippen LogP contribution in [0, 0.1) is 0 Å². The van der Waals surface area contributed by atoms with E-state index in [0.717, 1.165) is 17.7 Å². The first-order chi connectivity index (χ1) is 10.2. The Hall–Kier alpha value is -2.82. The lowest BCUT2D eigenvalue weighted by Crippen LogP contribution is -1.98. The standard InChI is InChI=1S/C8H7NO2.C8H10O2/c10-8(6-9-11)7-4-2-1-3-5-7;1-9-7-5-3-4-6-8(7)10-2/h1-6,11H;3-6H,1-2H3. The maximum Gasteiger partial charge on any atom is 0.207 e. The molecule has 0 aliphatic heterocycles. The quantitative estimate of drug-likeness (QED) is 0.406. The molecule has 0 radical (unpaired) electrons. The van der Waals surface area contributed by atoms with Gasteiger partial charge in [-0.15, -0.1) is 0 Å². The number of para-hydroxylation sites is 2. The van der Waals surface area contributed by atoms with Crippen LogP contribution in [-0.4, -0.2) is 31.4 Å². The first-order valence-corrected chi connectivity index (χ1v) is 6.16. The molecule has 2 rings (SSSR count). The van der Waals surface area contributed by atoms with Gasteiger partial charge in [0.05, 0.1) is 14.2 Å². The zero-order valence-electron chi connectivity index (χ0n) is 11.9. The molecular weight excluding hydrogens is 270 g/mol. The summed E-state index contributed by atoms with van der Waals surface area (Å²) in [5, 5.41) is 10.7. The third-order valence-electron chi connectivity index (χ3n) is 2.52. The molecule has 0 bridgehead atoms. The number of hydrogen-bond donors (Lipinski definition) is 1. The van der Waals surface area contributed by atoms with E-state index in [1.165, 1.54) is 0 Å². The van der Waals surface area contributed by atoms with Gasteiger partial charge in [0.2, 0.25) is 5.78 Å². The summed E-state index contributed by atoms with van der Waals surface area (Å²) in [5.74, 6) is 1.24. The number of nitrogens with zero attached hydrogens (tertiary/aromatic N) is 1. The zero-order valence-corrected chi connectivity index (χ0v) is 11.9. The molecule has 0 fully saturated rings. The molecule has 0 amide bonds. The summed E-state index contributed by atoms with van der Waals surface area (Å²) >= 11 is 0. The van der Waals surface area contributed by atoms with Gasteiger partial charge in [-0.3, -0.25) is 4.79 Å². The first-order valence-electron chi connectivity index (χ1n) is 6.16. The highest BCUT2D eigenvalue weighted by molar-refractivity contribution is 6.35. The average Bonchev–Trinajstić information content (AvgIpc) is 2.56. The lowest BCUT2D eigenvalue weighted by molar-refractivity contribution is 0.106.